The molecule has 10 heteroatoms. The fourth-order valence-corrected chi connectivity index (χ4v) is 3.01. The maximum absolute atomic E-state index is 13.0. The normalized spacial score (nSPS) is 12.9. The number of benzene rings is 1. The Kier molecular flexibility index (Phi) is 5.33. The number of nitro benzene ring substituents is 1. The first-order chi connectivity index (χ1) is 9.69. The number of carbonyl (C=O) groups is 1. The van der Waals surface area contributed by atoms with E-state index in [1.54, 1.807) is 6.92 Å². The van der Waals surface area contributed by atoms with Gasteiger partial charge in [-0.05, 0) is 18.6 Å². The number of carboxylic acid groups (broad SMARTS) is 1. The molecule has 116 valence electrons. The molecule has 0 unspecified atom stereocenters. The number of sulfonamides is 1. The second kappa shape index (κ2) is 6.59. The molecule has 0 aliphatic carbocycles. The molecule has 0 aromatic heterocycles. The highest BCUT2D eigenvalue weighted by atomic mass is 32.2. The first-order valence-corrected chi connectivity index (χ1v) is 7.36. The number of carboxylic acids is 1. The SMILES string of the molecule is CCC[C@@H](NS(=O)(=O)c1ccc(F)cc1[N+](=O)[O-])C(=O)O. The minimum Gasteiger partial charge on any atom is -0.480 e. The van der Waals surface area contributed by atoms with E-state index in [4.69, 9.17) is 5.11 Å². The monoisotopic (exact) mass is 320 g/mol. The lowest BCUT2D eigenvalue weighted by Crippen LogP contribution is -2.40. The second-order valence-corrected chi connectivity index (χ2v) is 5.85. The average Bonchev–Trinajstić information content (AvgIpc) is 2.37. The highest BCUT2D eigenvalue weighted by molar-refractivity contribution is 7.89. The van der Waals surface area contributed by atoms with Crippen LogP contribution in [0, 0.1) is 15.9 Å². The van der Waals surface area contributed by atoms with E-state index in [1.165, 1.54) is 0 Å². The Morgan fingerprint density at radius 2 is 2.14 bits per heavy atom. The highest BCUT2D eigenvalue weighted by Crippen LogP contribution is 2.24. The van der Waals surface area contributed by atoms with Crippen LogP contribution in [-0.2, 0) is 14.8 Å². The van der Waals surface area contributed by atoms with Crippen molar-refractivity contribution >= 4 is 21.7 Å². The lowest BCUT2D eigenvalue weighted by molar-refractivity contribution is -0.388. The third-order valence-electron chi connectivity index (χ3n) is 2.58. The van der Waals surface area contributed by atoms with E-state index in [-0.39, 0.29) is 6.42 Å². The van der Waals surface area contributed by atoms with Gasteiger partial charge in [-0.1, -0.05) is 13.3 Å². The molecule has 1 atom stereocenters. The van der Waals surface area contributed by atoms with Crippen LogP contribution in [0.4, 0.5) is 10.1 Å². The van der Waals surface area contributed by atoms with Gasteiger partial charge in [0.25, 0.3) is 5.69 Å². The van der Waals surface area contributed by atoms with Crippen molar-refractivity contribution in [2.75, 3.05) is 0 Å². The summed E-state index contributed by atoms with van der Waals surface area (Å²) in [5.74, 6) is -2.37. The summed E-state index contributed by atoms with van der Waals surface area (Å²) in [7, 11) is -4.46. The van der Waals surface area contributed by atoms with Gasteiger partial charge >= 0.3 is 5.97 Å². The van der Waals surface area contributed by atoms with E-state index < -0.39 is 43.4 Å². The summed E-state index contributed by atoms with van der Waals surface area (Å²) in [5, 5.41) is 19.7. The molecule has 0 saturated heterocycles. The van der Waals surface area contributed by atoms with Crippen LogP contribution in [0.15, 0.2) is 23.1 Å². The Hall–Kier alpha value is -2.07. The predicted octanol–water partition coefficient (Wildman–Crippen LogP) is 1.27. The molecule has 0 bridgehead atoms. The van der Waals surface area contributed by atoms with Gasteiger partial charge in [0.15, 0.2) is 4.90 Å². The molecule has 1 rings (SSSR count). The zero-order valence-electron chi connectivity index (χ0n) is 10.9. The Morgan fingerprint density at radius 1 is 1.52 bits per heavy atom. The van der Waals surface area contributed by atoms with Crippen LogP contribution in [0.2, 0.25) is 0 Å². The van der Waals surface area contributed by atoms with Gasteiger partial charge in [0.2, 0.25) is 10.0 Å². The van der Waals surface area contributed by atoms with Crippen molar-refractivity contribution in [3.8, 4) is 0 Å². The fraction of sp³-hybridized carbons (Fsp3) is 0.364. The van der Waals surface area contributed by atoms with E-state index in [9.17, 15) is 27.7 Å². The number of hydrogen-bond acceptors (Lipinski definition) is 5. The summed E-state index contributed by atoms with van der Waals surface area (Å²) in [6.07, 6.45) is 0.411. The largest absolute Gasteiger partial charge is 0.480 e. The van der Waals surface area contributed by atoms with E-state index in [1.807, 2.05) is 4.72 Å². The summed E-state index contributed by atoms with van der Waals surface area (Å²) in [5.41, 5.74) is -0.955. The number of nitro groups is 1. The molecule has 0 aliphatic rings. The first kappa shape index (κ1) is 17.0. The Labute approximate surface area is 119 Å². The molecule has 0 amide bonds. The maximum atomic E-state index is 13.0. The molecule has 21 heavy (non-hydrogen) atoms. The van der Waals surface area contributed by atoms with Crippen LogP contribution in [0.3, 0.4) is 0 Å². The first-order valence-electron chi connectivity index (χ1n) is 5.88. The number of nitrogens with zero attached hydrogens (tertiary/aromatic N) is 1. The van der Waals surface area contributed by atoms with E-state index >= 15 is 0 Å². The van der Waals surface area contributed by atoms with Gasteiger partial charge < -0.3 is 5.11 Å². The Morgan fingerprint density at radius 3 is 2.62 bits per heavy atom. The van der Waals surface area contributed by atoms with E-state index in [2.05, 4.69) is 0 Å². The van der Waals surface area contributed by atoms with Crippen LogP contribution >= 0.6 is 0 Å². The number of rotatable bonds is 7. The van der Waals surface area contributed by atoms with Gasteiger partial charge in [-0.2, -0.15) is 4.72 Å². The highest BCUT2D eigenvalue weighted by Gasteiger charge is 2.30. The quantitative estimate of drug-likeness (QED) is 0.575. The third kappa shape index (κ3) is 4.20. The average molecular weight is 320 g/mol. The predicted molar refractivity (Wildman–Crippen MR) is 69.7 cm³/mol. The summed E-state index contributed by atoms with van der Waals surface area (Å²) in [6, 6.07) is 0.520. The van der Waals surface area contributed by atoms with Gasteiger partial charge in [0.1, 0.15) is 11.9 Å². The van der Waals surface area contributed by atoms with Crippen molar-refractivity contribution in [3.63, 3.8) is 0 Å². The number of halogens is 1. The molecule has 2 N–H and O–H groups in total. The van der Waals surface area contributed by atoms with Gasteiger partial charge in [-0.3, -0.25) is 14.9 Å². The lowest BCUT2D eigenvalue weighted by Gasteiger charge is -2.13. The molecule has 0 saturated carbocycles. The van der Waals surface area contributed by atoms with Crippen molar-refractivity contribution in [2.24, 2.45) is 0 Å². The topological polar surface area (TPSA) is 127 Å². The Bertz CT molecular complexity index is 661. The maximum Gasteiger partial charge on any atom is 0.321 e. The minimum absolute atomic E-state index is 0.0174. The van der Waals surface area contributed by atoms with Gasteiger partial charge in [0, 0.05) is 0 Å². The number of hydrogen-bond donors (Lipinski definition) is 2. The zero-order chi connectivity index (χ0) is 16.2. The minimum atomic E-state index is -4.46. The smallest absolute Gasteiger partial charge is 0.321 e. The van der Waals surface area contributed by atoms with Crippen molar-refractivity contribution < 1.29 is 27.6 Å². The van der Waals surface area contributed by atoms with Crippen LogP contribution in [0.5, 0.6) is 0 Å². The van der Waals surface area contributed by atoms with Crippen LogP contribution in [-0.4, -0.2) is 30.5 Å². The molecule has 1 aromatic rings. The molecular weight excluding hydrogens is 307 g/mol. The van der Waals surface area contributed by atoms with Crippen molar-refractivity contribution in [1.29, 1.82) is 0 Å². The van der Waals surface area contributed by atoms with E-state index in [0.717, 1.165) is 12.1 Å². The molecule has 0 heterocycles. The molecule has 0 aliphatic heterocycles. The van der Waals surface area contributed by atoms with E-state index in [0.29, 0.717) is 12.5 Å². The van der Waals surface area contributed by atoms with Crippen LogP contribution in [0.1, 0.15) is 19.8 Å². The molecule has 0 radical (unpaired) electrons. The van der Waals surface area contributed by atoms with Crippen molar-refractivity contribution in [3.05, 3.63) is 34.1 Å². The summed E-state index contributed by atoms with van der Waals surface area (Å²) < 4.78 is 39.0. The second-order valence-electron chi connectivity index (χ2n) is 4.17. The van der Waals surface area contributed by atoms with Gasteiger partial charge in [-0.25, -0.2) is 12.8 Å². The third-order valence-corrected chi connectivity index (χ3v) is 4.10. The van der Waals surface area contributed by atoms with Crippen LogP contribution < -0.4 is 4.72 Å². The van der Waals surface area contributed by atoms with Gasteiger partial charge in [0.05, 0.1) is 11.0 Å². The molecule has 0 fully saturated rings. The molecule has 8 nitrogen and oxygen atoms in total. The lowest BCUT2D eigenvalue weighted by atomic mass is 10.2. The Balaban J connectivity index is 3.25. The summed E-state index contributed by atoms with van der Waals surface area (Å²) in [4.78, 5) is 19.9. The van der Waals surface area contributed by atoms with Gasteiger partial charge in [-0.15, -0.1) is 0 Å². The molecule has 1 aromatic carbocycles. The van der Waals surface area contributed by atoms with Crippen molar-refractivity contribution in [2.45, 2.75) is 30.7 Å². The summed E-state index contributed by atoms with van der Waals surface area (Å²) in [6.45, 7) is 1.66. The molecular formula is C11H13FN2O6S. The fourth-order valence-electron chi connectivity index (χ4n) is 1.63. The summed E-state index contributed by atoms with van der Waals surface area (Å²) >= 11 is 0. The number of nitrogens with one attached hydrogen (secondary N) is 1. The molecule has 0 spiro atoms. The van der Waals surface area contributed by atoms with Crippen LogP contribution in [0.25, 0.3) is 0 Å². The standard InChI is InChI=1S/C11H13FN2O6S/c1-2-3-8(11(15)16)13-21(19,20)10-5-4-7(12)6-9(10)14(17)18/h4-6,8,13H,2-3H2,1H3,(H,15,16)/t8-/m1/s1. The zero-order valence-corrected chi connectivity index (χ0v) is 11.8. The number of aliphatic carboxylic acids is 1. The van der Waals surface area contributed by atoms with Crippen molar-refractivity contribution in [1.82, 2.24) is 4.72 Å².